The third kappa shape index (κ3) is 3.00. The summed E-state index contributed by atoms with van der Waals surface area (Å²) in [5.41, 5.74) is 2.42. The summed E-state index contributed by atoms with van der Waals surface area (Å²) < 4.78 is 1.61. The van der Waals surface area contributed by atoms with Crippen LogP contribution in [0.2, 0.25) is 0 Å². The van der Waals surface area contributed by atoms with Crippen molar-refractivity contribution in [3.63, 3.8) is 0 Å². The number of nitrogens with one attached hydrogen (secondary N) is 1. The van der Waals surface area contributed by atoms with Crippen molar-refractivity contribution < 1.29 is 9.90 Å². The van der Waals surface area contributed by atoms with Crippen LogP contribution in [-0.2, 0) is 6.54 Å². The average Bonchev–Trinajstić information content (AvgIpc) is 3.05. The van der Waals surface area contributed by atoms with Gasteiger partial charge in [0.15, 0.2) is 5.78 Å². The number of ketones is 1. The number of rotatable bonds is 4. The third-order valence-electron chi connectivity index (χ3n) is 5.90. The van der Waals surface area contributed by atoms with Crippen molar-refractivity contribution in [2.75, 3.05) is 32.7 Å². The zero-order valence-electron chi connectivity index (χ0n) is 16.1. The maximum absolute atomic E-state index is 13.3. The highest BCUT2D eigenvalue weighted by Crippen LogP contribution is 2.39. The molecular formula is C23H23N3O3. The summed E-state index contributed by atoms with van der Waals surface area (Å²) in [6.45, 7) is 4.23. The molecule has 3 aromatic rings. The van der Waals surface area contributed by atoms with Gasteiger partial charge in [-0.2, -0.15) is 0 Å². The number of aromatic nitrogens is 1. The van der Waals surface area contributed by atoms with E-state index in [4.69, 9.17) is 0 Å². The van der Waals surface area contributed by atoms with E-state index in [1.54, 1.807) is 16.7 Å². The third-order valence-corrected chi connectivity index (χ3v) is 5.90. The van der Waals surface area contributed by atoms with Gasteiger partial charge in [0, 0.05) is 54.6 Å². The number of carbonyl (C=O) groups is 1. The zero-order valence-corrected chi connectivity index (χ0v) is 16.1. The van der Waals surface area contributed by atoms with Crippen molar-refractivity contribution in [2.24, 2.45) is 0 Å². The maximum Gasteiger partial charge on any atom is 0.259 e. The largest absolute Gasteiger partial charge is 0.390 e. The van der Waals surface area contributed by atoms with E-state index < -0.39 is 6.10 Å². The Kier molecular flexibility index (Phi) is 4.54. The lowest BCUT2D eigenvalue weighted by Crippen LogP contribution is -2.47. The van der Waals surface area contributed by atoms with Crippen LogP contribution in [0.4, 0.5) is 0 Å². The summed E-state index contributed by atoms with van der Waals surface area (Å²) in [7, 11) is 0. The fraction of sp³-hybridized carbons (Fsp3) is 0.304. The fourth-order valence-electron chi connectivity index (χ4n) is 4.56. The van der Waals surface area contributed by atoms with Crippen LogP contribution < -0.4 is 10.9 Å². The van der Waals surface area contributed by atoms with Crippen molar-refractivity contribution in [3.05, 3.63) is 70.0 Å². The van der Waals surface area contributed by atoms with E-state index in [0.29, 0.717) is 34.1 Å². The summed E-state index contributed by atoms with van der Waals surface area (Å²) in [6.07, 6.45) is -0.695. The van der Waals surface area contributed by atoms with Crippen molar-refractivity contribution in [3.8, 4) is 11.3 Å². The Morgan fingerprint density at radius 1 is 0.897 bits per heavy atom. The van der Waals surface area contributed by atoms with Crippen LogP contribution >= 0.6 is 0 Å². The topological polar surface area (TPSA) is 74.6 Å². The van der Waals surface area contributed by atoms with Gasteiger partial charge < -0.3 is 15.0 Å². The Bertz CT molecular complexity index is 1160. The second kappa shape index (κ2) is 7.22. The van der Waals surface area contributed by atoms with Gasteiger partial charge >= 0.3 is 0 Å². The molecule has 1 aromatic heterocycles. The Morgan fingerprint density at radius 2 is 1.55 bits per heavy atom. The SMILES string of the molecule is O=C1c2ccccc2-c2c1c1ccccc1c(=O)n2CC(O)CN1CCNCC1. The highest BCUT2D eigenvalue weighted by atomic mass is 16.3. The van der Waals surface area contributed by atoms with Crippen LogP contribution in [0.1, 0.15) is 15.9 Å². The Balaban J connectivity index is 1.63. The van der Waals surface area contributed by atoms with Gasteiger partial charge in [0.05, 0.1) is 23.9 Å². The molecule has 0 radical (unpaired) electrons. The molecule has 1 aliphatic carbocycles. The first-order valence-corrected chi connectivity index (χ1v) is 10.1. The molecule has 2 aliphatic rings. The average molecular weight is 389 g/mol. The number of carbonyl (C=O) groups excluding carboxylic acids is 1. The lowest BCUT2D eigenvalue weighted by molar-refractivity contribution is 0.0913. The zero-order chi connectivity index (χ0) is 20.0. The molecule has 5 rings (SSSR count). The molecule has 0 saturated carbocycles. The van der Waals surface area contributed by atoms with Gasteiger partial charge in [-0.15, -0.1) is 0 Å². The van der Waals surface area contributed by atoms with Crippen molar-refractivity contribution in [1.29, 1.82) is 0 Å². The highest BCUT2D eigenvalue weighted by Gasteiger charge is 2.32. The van der Waals surface area contributed by atoms with Crippen molar-refractivity contribution in [2.45, 2.75) is 12.6 Å². The molecule has 1 saturated heterocycles. The molecule has 1 unspecified atom stereocenters. The van der Waals surface area contributed by atoms with E-state index in [9.17, 15) is 14.7 Å². The minimum absolute atomic E-state index is 0.0582. The monoisotopic (exact) mass is 389 g/mol. The van der Waals surface area contributed by atoms with E-state index in [-0.39, 0.29) is 17.9 Å². The minimum Gasteiger partial charge on any atom is -0.390 e. The molecule has 148 valence electrons. The minimum atomic E-state index is -0.695. The fourth-order valence-corrected chi connectivity index (χ4v) is 4.56. The standard InChI is InChI=1S/C23H23N3O3/c27-15(13-25-11-9-24-10-12-25)14-26-21-17-6-2-3-7-18(17)22(28)20(21)16-5-1-4-8-19(16)23(26)29/h1-8,15,24,27H,9-14H2. The molecule has 6 nitrogen and oxygen atoms in total. The summed E-state index contributed by atoms with van der Waals surface area (Å²) in [4.78, 5) is 28.7. The van der Waals surface area contributed by atoms with E-state index in [0.717, 1.165) is 31.7 Å². The van der Waals surface area contributed by atoms with Crippen molar-refractivity contribution >= 4 is 16.6 Å². The Morgan fingerprint density at radius 3 is 2.31 bits per heavy atom. The summed E-state index contributed by atoms with van der Waals surface area (Å²) in [5, 5.41) is 15.3. The first-order valence-electron chi connectivity index (χ1n) is 10.1. The number of aliphatic hydroxyl groups excluding tert-OH is 1. The molecule has 29 heavy (non-hydrogen) atoms. The van der Waals surface area contributed by atoms with Gasteiger partial charge in [-0.25, -0.2) is 0 Å². The molecular weight excluding hydrogens is 366 g/mol. The number of piperazine rings is 1. The number of aliphatic hydroxyl groups is 1. The molecule has 2 N–H and O–H groups in total. The molecule has 2 heterocycles. The molecule has 2 aromatic carbocycles. The lowest BCUT2D eigenvalue weighted by Gasteiger charge is -2.29. The van der Waals surface area contributed by atoms with Gasteiger partial charge in [-0.05, 0) is 6.07 Å². The Labute approximate surface area is 168 Å². The first-order chi connectivity index (χ1) is 14.1. The smallest absolute Gasteiger partial charge is 0.259 e. The Hall–Kier alpha value is -2.80. The highest BCUT2D eigenvalue weighted by molar-refractivity contribution is 6.26. The molecule has 1 atom stereocenters. The molecule has 0 spiro atoms. The second-order valence-corrected chi connectivity index (χ2v) is 7.76. The van der Waals surface area contributed by atoms with Gasteiger partial charge in [0.25, 0.3) is 5.56 Å². The van der Waals surface area contributed by atoms with Gasteiger partial charge in [-0.1, -0.05) is 42.5 Å². The van der Waals surface area contributed by atoms with Crippen LogP contribution in [0.5, 0.6) is 0 Å². The molecule has 6 heteroatoms. The van der Waals surface area contributed by atoms with Crippen LogP contribution in [-0.4, -0.2) is 59.2 Å². The van der Waals surface area contributed by atoms with Crippen LogP contribution in [0.15, 0.2) is 53.3 Å². The normalized spacial score (nSPS) is 17.3. The van der Waals surface area contributed by atoms with Crippen LogP contribution in [0, 0.1) is 0 Å². The number of nitrogens with zero attached hydrogens (tertiary/aromatic N) is 2. The summed E-state index contributed by atoms with van der Waals surface area (Å²) in [5.74, 6) is -0.0582. The number of fused-ring (bicyclic) bond motifs is 5. The maximum atomic E-state index is 13.3. The molecule has 0 amide bonds. The van der Waals surface area contributed by atoms with E-state index in [2.05, 4.69) is 10.2 Å². The second-order valence-electron chi connectivity index (χ2n) is 7.76. The first kappa shape index (κ1) is 18.2. The summed E-state index contributed by atoms with van der Waals surface area (Å²) >= 11 is 0. The van der Waals surface area contributed by atoms with Gasteiger partial charge in [-0.3, -0.25) is 14.5 Å². The molecule has 1 fully saturated rings. The van der Waals surface area contributed by atoms with E-state index >= 15 is 0 Å². The van der Waals surface area contributed by atoms with Crippen LogP contribution in [0.25, 0.3) is 22.0 Å². The number of β-amino-alcohol motifs (C(OH)–C–C–N with tert-alkyl or cyclic N) is 1. The van der Waals surface area contributed by atoms with Crippen LogP contribution in [0.3, 0.4) is 0 Å². The van der Waals surface area contributed by atoms with E-state index in [1.165, 1.54) is 0 Å². The quantitative estimate of drug-likeness (QED) is 0.553. The molecule has 1 aliphatic heterocycles. The predicted molar refractivity (Wildman–Crippen MR) is 112 cm³/mol. The van der Waals surface area contributed by atoms with Gasteiger partial charge in [0.1, 0.15) is 0 Å². The van der Waals surface area contributed by atoms with E-state index in [1.807, 2.05) is 36.4 Å². The number of benzene rings is 2. The number of hydrogen-bond donors (Lipinski definition) is 2. The lowest BCUT2D eigenvalue weighted by atomic mass is 10.0. The van der Waals surface area contributed by atoms with Gasteiger partial charge in [0.2, 0.25) is 0 Å². The molecule has 0 bridgehead atoms. The van der Waals surface area contributed by atoms with Crippen molar-refractivity contribution in [1.82, 2.24) is 14.8 Å². The summed E-state index contributed by atoms with van der Waals surface area (Å²) in [6, 6.07) is 14.7. The number of hydrogen-bond acceptors (Lipinski definition) is 5. The predicted octanol–water partition coefficient (Wildman–Crippen LogP) is 1.48. The number of pyridine rings is 1.